The molecule has 0 radical (unpaired) electrons. The first kappa shape index (κ1) is 16.7. The third kappa shape index (κ3) is 4.69. The number of carbonyl (C=O) groups is 1. The molecule has 24 heavy (non-hydrogen) atoms. The van der Waals surface area contributed by atoms with E-state index in [1.807, 2.05) is 6.07 Å². The molecule has 0 atom stereocenters. The Morgan fingerprint density at radius 3 is 2.38 bits per heavy atom. The van der Waals surface area contributed by atoms with E-state index in [4.69, 9.17) is 15.3 Å². The number of esters is 1. The van der Waals surface area contributed by atoms with E-state index in [1.165, 1.54) is 6.92 Å². The van der Waals surface area contributed by atoms with Gasteiger partial charge in [0.2, 0.25) is 0 Å². The van der Waals surface area contributed by atoms with Crippen molar-refractivity contribution in [3.05, 3.63) is 82.9 Å². The zero-order chi connectivity index (χ0) is 17.4. The van der Waals surface area contributed by atoms with Crippen LogP contribution in [0, 0.1) is 22.7 Å². The Labute approximate surface area is 140 Å². The van der Waals surface area contributed by atoms with E-state index in [-0.39, 0.29) is 0 Å². The lowest BCUT2D eigenvalue weighted by atomic mass is 10.1. The molecule has 2 aromatic carbocycles. The molecule has 0 aromatic heterocycles. The number of allylic oxidation sites excluding steroid dienone is 2. The van der Waals surface area contributed by atoms with Crippen LogP contribution >= 0.6 is 0 Å². The minimum atomic E-state index is -0.441. The summed E-state index contributed by atoms with van der Waals surface area (Å²) in [4.78, 5) is 11.3. The van der Waals surface area contributed by atoms with Crippen LogP contribution in [-0.4, -0.2) is 5.97 Å². The van der Waals surface area contributed by atoms with Crippen LogP contribution in [0.1, 0.15) is 29.2 Å². The summed E-state index contributed by atoms with van der Waals surface area (Å²) >= 11 is 0. The number of carbonyl (C=O) groups excluding carboxylic acids is 1. The molecular formula is C20H14N2O2. The van der Waals surface area contributed by atoms with E-state index in [1.54, 1.807) is 60.7 Å². The second-order valence-electron chi connectivity index (χ2n) is 4.91. The molecule has 2 aromatic rings. The highest BCUT2D eigenvalue weighted by Crippen LogP contribution is 2.18. The SMILES string of the molecule is CC(=O)O/C(=C/C=C/c1cccc(C#N)c1)c1cccc(C#N)c1. The maximum atomic E-state index is 11.3. The first-order valence-corrected chi connectivity index (χ1v) is 7.20. The van der Waals surface area contributed by atoms with E-state index in [0.29, 0.717) is 22.4 Å². The predicted octanol–water partition coefficient (Wildman–Crippen LogP) is 4.05. The highest BCUT2D eigenvalue weighted by Gasteiger charge is 2.06. The van der Waals surface area contributed by atoms with Crippen molar-refractivity contribution in [1.29, 1.82) is 10.5 Å². The van der Waals surface area contributed by atoms with Crippen LogP contribution in [0.3, 0.4) is 0 Å². The number of hydrogen-bond donors (Lipinski definition) is 0. The molecule has 0 N–H and O–H groups in total. The molecule has 0 saturated carbocycles. The maximum absolute atomic E-state index is 11.3. The summed E-state index contributed by atoms with van der Waals surface area (Å²) in [6.07, 6.45) is 5.18. The van der Waals surface area contributed by atoms with Crippen molar-refractivity contribution in [1.82, 2.24) is 0 Å². The zero-order valence-electron chi connectivity index (χ0n) is 13.1. The smallest absolute Gasteiger partial charge is 0.308 e. The summed E-state index contributed by atoms with van der Waals surface area (Å²) in [5, 5.41) is 17.9. The van der Waals surface area contributed by atoms with Crippen LogP contribution in [0.25, 0.3) is 11.8 Å². The van der Waals surface area contributed by atoms with E-state index in [9.17, 15) is 4.79 Å². The number of ether oxygens (including phenoxy) is 1. The first-order valence-electron chi connectivity index (χ1n) is 7.20. The Balaban J connectivity index is 2.31. The van der Waals surface area contributed by atoms with E-state index < -0.39 is 5.97 Å². The van der Waals surface area contributed by atoms with Crippen LogP contribution in [0.5, 0.6) is 0 Å². The normalized spacial score (nSPS) is 10.9. The number of nitrogens with zero attached hydrogens (tertiary/aromatic N) is 2. The Hall–Kier alpha value is -3.63. The molecule has 0 fully saturated rings. The van der Waals surface area contributed by atoms with Crippen molar-refractivity contribution in [3.63, 3.8) is 0 Å². The molecule has 0 bridgehead atoms. The first-order chi connectivity index (χ1) is 11.6. The van der Waals surface area contributed by atoms with Gasteiger partial charge in [0.05, 0.1) is 23.3 Å². The largest absolute Gasteiger partial charge is 0.426 e. The second kappa shape index (κ2) is 8.12. The van der Waals surface area contributed by atoms with E-state index >= 15 is 0 Å². The van der Waals surface area contributed by atoms with Crippen molar-refractivity contribution in [2.24, 2.45) is 0 Å². The number of hydrogen-bond acceptors (Lipinski definition) is 4. The molecule has 0 aliphatic heterocycles. The average molecular weight is 314 g/mol. The van der Waals surface area contributed by atoms with E-state index in [0.717, 1.165) is 5.56 Å². The lowest BCUT2D eigenvalue weighted by Crippen LogP contribution is -1.98. The molecule has 0 amide bonds. The zero-order valence-corrected chi connectivity index (χ0v) is 13.1. The summed E-state index contributed by atoms with van der Waals surface area (Å²) in [5.74, 6) is -0.0872. The summed E-state index contributed by atoms with van der Waals surface area (Å²) in [6, 6.07) is 18.1. The minimum Gasteiger partial charge on any atom is -0.426 e. The predicted molar refractivity (Wildman–Crippen MR) is 91.1 cm³/mol. The van der Waals surface area contributed by atoms with Crippen molar-refractivity contribution >= 4 is 17.8 Å². The van der Waals surface area contributed by atoms with Crippen LogP contribution in [-0.2, 0) is 9.53 Å². The van der Waals surface area contributed by atoms with Crippen LogP contribution in [0.15, 0.2) is 60.7 Å². The number of rotatable bonds is 4. The fourth-order valence-corrected chi connectivity index (χ4v) is 2.04. The fraction of sp³-hybridized carbons (Fsp3) is 0.0500. The van der Waals surface area contributed by atoms with Crippen LogP contribution in [0.4, 0.5) is 0 Å². The van der Waals surface area contributed by atoms with Crippen LogP contribution < -0.4 is 0 Å². The molecule has 0 saturated heterocycles. The van der Waals surface area contributed by atoms with Gasteiger partial charge in [0.15, 0.2) is 0 Å². The summed E-state index contributed by atoms with van der Waals surface area (Å²) < 4.78 is 5.23. The lowest BCUT2D eigenvalue weighted by molar-refractivity contribution is -0.134. The summed E-state index contributed by atoms with van der Waals surface area (Å²) in [5.41, 5.74) is 2.55. The molecule has 2 rings (SSSR count). The van der Waals surface area contributed by atoms with Gasteiger partial charge in [-0.2, -0.15) is 10.5 Å². The van der Waals surface area contributed by atoms with Gasteiger partial charge in [0, 0.05) is 12.5 Å². The number of benzene rings is 2. The Bertz CT molecular complexity index is 896. The van der Waals surface area contributed by atoms with Gasteiger partial charge in [-0.05, 0) is 35.9 Å². The lowest BCUT2D eigenvalue weighted by Gasteiger charge is -2.06. The molecule has 116 valence electrons. The summed E-state index contributed by atoms with van der Waals surface area (Å²) in [7, 11) is 0. The monoisotopic (exact) mass is 314 g/mol. The molecular weight excluding hydrogens is 300 g/mol. The van der Waals surface area contributed by atoms with Gasteiger partial charge in [0.1, 0.15) is 5.76 Å². The molecule has 0 aliphatic rings. The van der Waals surface area contributed by atoms with Gasteiger partial charge in [-0.1, -0.05) is 36.4 Å². The van der Waals surface area contributed by atoms with Gasteiger partial charge in [-0.25, -0.2) is 0 Å². The summed E-state index contributed by atoms with van der Waals surface area (Å²) in [6.45, 7) is 1.32. The average Bonchev–Trinajstić information content (AvgIpc) is 2.61. The Morgan fingerprint density at radius 2 is 1.71 bits per heavy atom. The molecule has 0 heterocycles. The quantitative estimate of drug-likeness (QED) is 0.485. The molecule has 0 unspecified atom stereocenters. The Morgan fingerprint density at radius 1 is 1.04 bits per heavy atom. The minimum absolute atomic E-state index is 0.354. The number of nitriles is 2. The van der Waals surface area contributed by atoms with Crippen molar-refractivity contribution < 1.29 is 9.53 Å². The third-order valence-electron chi connectivity index (χ3n) is 3.08. The molecule has 0 spiro atoms. The topological polar surface area (TPSA) is 73.9 Å². The fourth-order valence-electron chi connectivity index (χ4n) is 2.04. The van der Waals surface area contributed by atoms with Gasteiger partial charge in [0.25, 0.3) is 0 Å². The maximum Gasteiger partial charge on any atom is 0.308 e. The molecule has 4 heteroatoms. The second-order valence-corrected chi connectivity index (χ2v) is 4.91. The van der Waals surface area contributed by atoms with Gasteiger partial charge in [-0.15, -0.1) is 0 Å². The van der Waals surface area contributed by atoms with Gasteiger partial charge < -0.3 is 4.74 Å². The van der Waals surface area contributed by atoms with Crippen LogP contribution in [0.2, 0.25) is 0 Å². The third-order valence-corrected chi connectivity index (χ3v) is 3.08. The van der Waals surface area contributed by atoms with Gasteiger partial charge in [-0.3, -0.25) is 4.79 Å². The van der Waals surface area contributed by atoms with Crippen molar-refractivity contribution in [3.8, 4) is 12.1 Å². The standard InChI is InChI=1S/C20H14N2O2/c1-15(23)24-20(19-9-3-8-18(12-19)14-22)10-4-6-16-5-2-7-17(11-16)13-21/h2-12H,1H3/b6-4+,20-10+. The van der Waals surface area contributed by atoms with Crippen molar-refractivity contribution in [2.45, 2.75) is 6.92 Å². The highest BCUT2D eigenvalue weighted by atomic mass is 16.5. The Kier molecular flexibility index (Phi) is 5.66. The highest BCUT2D eigenvalue weighted by molar-refractivity contribution is 5.77. The van der Waals surface area contributed by atoms with Crippen molar-refractivity contribution in [2.75, 3.05) is 0 Å². The molecule has 4 nitrogen and oxygen atoms in total. The van der Waals surface area contributed by atoms with Gasteiger partial charge >= 0.3 is 5.97 Å². The van der Waals surface area contributed by atoms with E-state index in [2.05, 4.69) is 12.1 Å². The molecule has 0 aliphatic carbocycles.